The first-order valence-corrected chi connectivity index (χ1v) is 8.53. The number of carbonyl (C=O) groups excluding carboxylic acids is 1. The molecule has 0 aliphatic rings. The van der Waals surface area contributed by atoms with Crippen molar-refractivity contribution in [2.75, 3.05) is 11.1 Å². The van der Waals surface area contributed by atoms with Crippen LogP contribution in [0.25, 0.3) is 0 Å². The molecule has 0 aliphatic heterocycles. The van der Waals surface area contributed by atoms with Crippen molar-refractivity contribution >= 4 is 58.2 Å². The Labute approximate surface area is 155 Å². The van der Waals surface area contributed by atoms with Crippen LogP contribution >= 0.6 is 46.6 Å². The van der Waals surface area contributed by atoms with Crippen molar-refractivity contribution in [1.82, 2.24) is 0 Å². The van der Waals surface area contributed by atoms with Crippen LogP contribution < -0.4 is 5.32 Å². The van der Waals surface area contributed by atoms with Crippen LogP contribution in [0, 0.1) is 0 Å². The van der Waals surface area contributed by atoms with Crippen LogP contribution in [0.15, 0.2) is 41.3 Å². The van der Waals surface area contributed by atoms with E-state index in [2.05, 4.69) is 5.32 Å². The summed E-state index contributed by atoms with van der Waals surface area (Å²) in [5, 5.41) is 3.26. The maximum atomic E-state index is 12.7. The van der Waals surface area contributed by atoms with Gasteiger partial charge in [-0.15, -0.1) is 11.8 Å². The third kappa shape index (κ3) is 5.21. The maximum absolute atomic E-state index is 12.7. The fraction of sp³-hybridized carbons (Fsp3) is 0.133. The number of hydrogen-bond acceptors (Lipinski definition) is 2. The number of carbonyl (C=O) groups is 1. The molecule has 2 rings (SSSR count). The Bertz CT molecular complexity index is 768. The predicted molar refractivity (Wildman–Crippen MR) is 92.3 cm³/mol. The van der Waals surface area contributed by atoms with Crippen LogP contribution in [0.2, 0.25) is 15.1 Å². The Morgan fingerprint density at radius 3 is 2.38 bits per heavy atom. The van der Waals surface area contributed by atoms with Gasteiger partial charge in [0.2, 0.25) is 5.91 Å². The average Bonchev–Trinajstić information content (AvgIpc) is 2.49. The molecule has 0 saturated carbocycles. The number of hydrogen-bond donors (Lipinski definition) is 1. The minimum Gasteiger partial charge on any atom is -0.324 e. The number of alkyl halides is 3. The van der Waals surface area contributed by atoms with E-state index < -0.39 is 17.6 Å². The summed E-state index contributed by atoms with van der Waals surface area (Å²) in [7, 11) is 0. The van der Waals surface area contributed by atoms with Crippen LogP contribution in [0.1, 0.15) is 5.56 Å². The molecule has 128 valence electrons. The molecule has 2 aromatic carbocycles. The van der Waals surface area contributed by atoms with Gasteiger partial charge in [0.1, 0.15) is 0 Å². The maximum Gasteiger partial charge on any atom is 0.416 e. The van der Waals surface area contributed by atoms with E-state index in [-0.39, 0.29) is 16.5 Å². The third-order valence-electron chi connectivity index (χ3n) is 2.82. The van der Waals surface area contributed by atoms with E-state index in [1.54, 1.807) is 18.2 Å². The smallest absolute Gasteiger partial charge is 0.324 e. The minimum absolute atomic E-state index is 0.0159. The first kappa shape index (κ1) is 19.2. The molecule has 0 fully saturated rings. The fourth-order valence-corrected chi connectivity index (χ4v) is 3.17. The number of halogens is 6. The number of amides is 1. The molecule has 0 radical (unpaired) electrons. The van der Waals surface area contributed by atoms with Gasteiger partial charge in [0.25, 0.3) is 0 Å². The van der Waals surface area contributed by atoms with E-state index in [9.17, 15) is 18.0 Å². The summed E-state index contributed by atoms with van der Waals surface area (Å²) in [6.45, 7) is 0. The lowest BCUT2D eigenvalue weighted by Crippen LogP contribution is -2.15. The average molecular weight is 415 g/mol. The second-order valence-electron chi connectivity index (χ2n) is 4.60. The minimum atomic E-state index is -4.52. The van der Waals surface area contributed by atoms with E-state index in [4.69, 9.17) is 34.8 Å². The standard InChI is InChI=1S/C15H9Cl3F3NOS/c16-9-2-4-11(18)13(6-9)24-7-14(23)22-12-5-8(15(19,20)21)1-3-10(12)17/h1-6H,7H2,(H,22,23). The highest BCUT2D eigenvalue weighted by Gasteiger charge is 2.31. The Morgan fingerprint density at radius 1 is 1.04 bits per heavy atom. The lowest BCUT2D eigenvalue weighted by molar-refractivity contribution is -0.137. The zero-order valence-electron chi connectivity index (χ0n) is 11.8. The van der Waals surface area contributed by atoms with Crippen molar-refractivity contribution in [1.29, 1.82) is 0 Å². The summed E-state index contributed by atoms with van der Waals surface area (Å²) >= 11 is 18.8. The molecule has 0 heterocycles. The Hall–Kier alpha value is -1.08. The lowest BCUT2D eigenvalue weighted by atomic mass is 10.2. The molecule has 24 heavy (non-hydrogen) atoms. The summed E-state index contributed by atoms with van der Waals surface area (Å²) < 4.78 is 38.1. The SMILES string of the molecule is O=C(CSc1cc(Cl)ccc1Cl)Nc1cc(C(F)(F)F)ccc1Cl. The first-order valence-electron chi connectivity index (χ1n) is 6.41. The van der Waals surface area contributed by atoms with Crippen molar-refractivity contribution in [3.8, 4) is 0 Å². The molecule has 0 aliphatic carbocycles. The van der Waals surface area contributed by atoms with Gasteiger partial charge in [-0.2, -0.15) is 13.2 Å². The molecular formula is C15H9Cl3F3NOS. The molecule has 1 N–H and O–H groups in total. The van der Waals surface area contributed by atoms with Gasteiger partial charge in [0, 0.05) is 9.92 Å². The van der Waals surface area contributed by atoms with E-state index >= 15 is 0 Å². The van der Waals surface area contributed by atoms with Crippen molar-refractivity contribution in [3.63, 3.8) is 0 Å². The van der Waals surface area contributed by atoms with Gasteiger partial charge >= 0.3 is 6.18 Å². The van der Waals surface area contributed by atoms with E-state index in [0.717, 1.165) is 30.0 Å². The molecule has 0 bridgehead atoms. The molecule has 0 atom stereocenters. The third-order valence-corrected chi connectivity index (χ3v) is 4.88. The second-order valence-corrected chi connectivity index (χ2v) is 6.87. The number of anilines is 1. The highest BCUT2D eigenvalue weighted by Crippen LogP contribution is 2.34. The normalized spacial score (nSPS) is 11.4. The number of nitrogens with one attached hydrogen (secondary N) is 1. The lowest BCUT2D eigenvalue weighted by Gasteiger charge is -2.12. The topological polar surface area (TPSA) is 29.1 Å². The van der Waals surface area contributed by atoms with Crippen molar-refractivity contribution in [3.05, 3.63) is 57.0 Å². The van der Waals surface area contributed by atoms with Crippen molar-refractivity contribution in [2.45, 2.75) is 11.1 Å². The fourth-order valence-electron chi connectivity index (χ4n) is 1.71. The number of rotatable bonds is 4. The van der Waals surface area contributed by atoms with Gasteiger partial charge in [-0.1, -0.05) is 34.8 Å². The molecule has 2 aromatic rings. The van der Waals surface area contributed by atoms with Crippen LogP contribution in [0.5, 0.6) is 0 Å². The highest BCUT2D eigenvalue weighted by atomic mass is 35.5. The van der Waals surface area contributed by atoms with Gasteiger partial charge < -0.3 is 5.32 Å². The van der Waals surface area contributed by atoms with Crippen molar-refractivity contribution in [2.24, 2.45) is 0 Å². The van der Waals surface area contributed by atoms with Gasteiger partial charge in [-0.25, -0.2) is 0 Å². The summed E-state index contributed by atoms with van der Waals surface area (Å²) in [6, 6.07) is 7.51. The molecule has 9 heteroatoms. The van der Waals surface area contributed by atoms with Gasteiger partial charge in [-0.3, -0.25) is 4.79 Å². The first-order chi connectivity index (χ1) is 11.2. The zero-order chi connectivity index (χ0) is 17.9. The molecular weight excluding hydrogens is 406 g/mol. The largest absolute Gasteiger partial charge is 0.416 e. The van der Waals surface area contributed by atoms with Gasteiger partial charge in [0.05, 0.1) is 27.0 Å². The number of thioether (sulfide) groups is 1. The van der Waals surface area contributed by atoms with E-state index in [1.165, 1.54) is 0 Å². The summed E-state index contributed by atoms with van der Waals surface area (Å²) in [5.74, 6) is -0.579. The molecule has 0 aromatic heterocycles. The Morgan fingerprint density at radius 2 is 1.71 bits per heavy atom. The zero-order valence-corrected chi connectivity index (χ0v) is 14.8. The molecule has 0 saturated heterocycles. The van der Waals surface area contributed by atoms with Crippen LogP contribution in [-0.2, 0) is 11.0 Å². The Balaban J connectivity index is 2.06. The summed E-state index contributed by atoms with van der Waals surface area (Å²) in [4.78, 5) is 12.5. The summed E-state index contributed by atoms with van der Waals surface area (Å²) in [6.07, 6.45) is -4.52. The molecule has 2 nitrogen and oxygen atoms in total. The van der Waals surface area contributed by atoms with Gasteiger partial charge in [0.15, 0.2) is 0 Å². The Kier molecular flexibility index (Phi) is 6.31. The predicted octanol–water partition coefficient (Wildman–Crippen LogP) is 6.40. The quantitative estimate of drug-likeness (QED) is 0.587. The molecule has 0 unspecified atom stereocenters. The van der Waals surface area contributed by atoms with Crippen LogP contribution in [0.4, 0.5) is 18.9 Å². The van der Waals surface area contributed by atoms with Crippen molar-refractivity contribution < 1.29 is 18.0 Å². The van der Waals surface area contributed by atoms with Crippen LogP contribution in [-0.4, -0.2) is 11.7 Å². The highest BCUT2D eigenvalue weighted by molar-refractivity contribution is 8.00. The summed E-state index contributed by atoms with van der Waals surface area (Å²) in [5.41, 5.74) is -0.998. The van der Waals surface area contributed by atoms with E-state index in [1.807, 2.05) is 0 Å². The second kappa shape index (κ2) is 7.87. The molecule has 1 amide bonds. The van der Waals surface area contributed by atoms with Crippen LogP contribution in [0.3, 0.4) is 0 Å². The monoisotopic (exact) mass is 413 g/mol. The van der Waals surface area contributed by atoms with Gasteiger partial charge in [-0.05, 0) is 36.4 Å². The van der Waals surface area contributed by atoms with E-state index in [0.29, 0.717) is 14.9 Å². The number of benzene rings is 2. The molecule has 0 spiro atoms.